The van der Waals surface area contributed by atoms with Gasteiger partial charge < -0.3 is 57.7 Å². The van der Waals surface area contributed by atoms with E-state index in [0.29, 0.717) is 54.7 Å². The molecule has 1 fully saturated rings. The number of phenolic OH excluding ortho intramolecular Hbond substituents is 1. The second kappa shape index (κ2) is 26.2. The number of amides is 7. The highest BCUT2D eigenvalue weighted by atomic mass is 32.1. The molecular weight excluding hydrogens is 891 g/mol. The number of likely N-dealkylation sites (N-methyl/N-ethyl adjacent to an activating group) is 1. The van der Waals surface area contributed by atoms with E-state index in [4.69, 9.17) is 5.73 Å². The molecule has 0 bridgehead atoms. The third kappa shape index (κ3) is 15.3. The van der Waals surface area contributed by atoms with E-state index in [0.717, 1.165) is 10.9 Å². The van der Waals surface area contributed by atoms with Crippen LogP contribution in [-0.2, 0) is 52.8 Å². The van der Waals surface area contributed by atoms with Crippen molar-refractivity contribution in [2.45, 2.75) is 113 Å². The Balaban J connectivity index is 1.60. The fourth-order valence-electron chi connectivity index (χ4n) is 8.13. The highest BCUT2D eigenvalue weighted by molar-refractivity contribution is 7.80. The quantitative estimate of drug-likeness (QED) is 0.0502. The lowest BCUT2D eigenvalue weighted by Gasteiger charge is -2.33. The monoisotopic (exact) mass is 955 g/mol. The first-order valence-corrected chi connectivity index (χ1v) is 23.7. The van der Waals surface area contributed by atoms with Crippen LogP contribution in [0, 0.1) is 0 Å². The fraction of sp³-hybridized carbons (Fsp3) is 0.449. The van der Waals surface area contributed by atoms with Crippen LogP contribution in [0.3, 0.4) is 0 Å². The molecule has 0 saturated carbocycles. The molecule has 1 aromatic heterocycles. The van der Waals surface area contributed by atoms with Crippen LogP contribution in [-0.4, -0.2) is 130 Å². The number of carbonyl (C=O) groups is 7. The molecule has 7 atom stereocenters. The minimum atomic E-state index is -1.59. The second-order valence-electron chi connectivity index (χ2n) is 17.2. The Morgan fingerprint density at radius 2 is 1.29 bits per heavy atom. The highest BCUT2D eigenvalue weighted by Gasteiger charge is 2.38. The molecule has 19 heteroatoms. The van der Waals surface area contributed by atoms with Crippen LogP contribution >= 0.6 is 12.6 Å². The van der Waals surface area contributed by atoms with Gasteiger partial charge in [0.05, 0.1) is 6.10 Å². The first kappa shape index (κ1) is 52.5. The summed E-state index contributed by atoms with van der Waals surface area (Å²) in [7, 11) is 1.42. The number of para-hydroxylation sites is 1. The average Bonchev–Trinajstić information content (AvgIpc) is 3.73. The van der Waals surface area contributed by atoms with Crippen LogP contribution in [0.15, 0.2) is 85.1 Å². The molecule has 5 rings (SSSR count). The number of aliphatic hydroxyl groups is 1. The minimum Gasteiger partial charge on any atom is -0.508 e. The molecule has 1 aliphatic rings. The molecule has 4 aromatic rings. The third-order valence-corrected chi connectivity index (χ3v) is 12.2. The van der Waals surface area contributed by atoms with E-state index in [1.165, 1.54) is 31.0 Å². The van der Waals surface area contributed by atoms with Gasteiger partial charge in [-0.3, -0.25) is 33.6 Å². The number of rotatable bonds is 18. The number of aromatic hydroxyl groups is 1. The van der Waals surface area contributed by atoms with Crippen molar-refractivity contribution in [3.05, 3.63) is 102 Å². The summed E-state index contributed by atoms with van der Waals surface area (Å²) in [6, 6.07) is 14.2. The number of nitrogens with two attached hydrogens (primary N) is 1. The highest BCUT2D eigenvalue weighted by Crippen LogP contribution is 2.21. The summed E-state index contributed by atoms with van der Waals surface area (Å²) < 4.78 is 0. The molecule has 3 aromatic carbocycles. The summed E-state index contributed by atoms with van der Waals surface area (Å²) in [5.74, 6) is -4.39. The van der Waals surface area contributed by atoms with Gasteiger partial charge in [0.1, 0.15) is 42.0 Å². The molecule has 2 heterocycles. The van der Waals surface area contributed by atoms with Crippen molar-refractivity contribution in [1.29, 1.82) is 0 Å². The van der Waals surface area contributed by atoms with Crippen LogP contribution in [0.4, 0.5) is 0 Å². The van der Waals surface area contributed by atoms with Crippen LogP contribution in [0.2, 0.25) is 0 Å². The Kier molecular flexibility index (Phi) is 20.2. The Labute approximate surface area is 401 Å². The predicted octanol–water partition coefficient (Wildman–Crippen LogP) is 1.28. The molecule has 366 valence electrons. The van der Waals surface area contributed by atoms with E-state index in [1.807, 2.05) is 24.3 Å². The van der Waals surface area contributed by atoms with Crippen LogP contribution < -0.4 is 37.6 Å². The Morgan fingerprint density at radius 1 is 0.706 bits per heavy atom. The lowest BCUT2D eigenvalue weighted by atomic mass is 9.99. The Hall–Kier alpha value is -6.44. The van der Waals surface area contributed by atoms with Gasteiger partial charge in [0.15, 0.2) is 0 Å². The summed E-state index contributed by atoms with van der Waals surface area (Å²) >= 11 is 4.11. The maximum Gasteiger partial charge on any atom is 0.245 e. The van der Waals surface area contributed by atoms with Crippen molar-refractivity contribution in [3.8, 4) is 5.75 Å². The van der Waals surface area contributed by atoms with E-state index in [9.17, 15) is 43.8 Å². The summed E-state index contributed by atoms with van der Waals surface area (Å²) in [5, 5.41) is 38.5. The zero-order valence-corrected chi connectivity index (χ0v) is 39.4. The molecule has 7 amide bonds. The lowest BCUT2D eigenvalue weighted by molar-refractivity contribution is -0.144. The lowest BCUT2D eigenvalue weighted by Crippen LogP contribution is -2.63. The normalized spacial score (nSPS) is 21.7. The smallest absolute Gasteiger partial charge is 0.245 e. The number of H-pyrrole nitrogens is 1. The Bertz CT molecular complexity index is 2330. The van der Waals surface area contributed by atoms with Crippen molar-refractivity contribution in [2.24, 2.45) is 5.73 Å². The van der Waals surface area contributed by atoms with E-state index in [1.54, 1.807) is 48.7 Å². The number of aromatic nitrogens is 1. The minimum absolute atomic E-state index is 0.0219. The Morgan fingerprint density at radius 3 is 1.99 bits per heavy atom. The second-order valence-corrected chi connectivity index (χ2v) is 17.6. The molecule has 0 spiro atoms. The number of aliphatic hydroxyl groups excluding tert-OH is 1. The molecule has 1 aliphatic heterocycles. The maximum atomic E-state index is 14.8. The van der Waals surface area contributed by atoms with Gasteiger partial charge in [-0.05, 0) is 92.6 Å². The number of aromatic amines is 1. The molecule has 0 aliphatic carbocycles. The number of nitrogens with zero attached hydrogens (tertiary/aromatic N) is 1. The van der Waals surface area contributed by atoms with Gasteiger partial charge in [-0.2, -0.15) is 12.6 Å². The number of phenols is 1. The number of unbranched alkanes of at least 4 members (excludes halogenated alkanes) is 2. The van der Waals surface area contributed by atoms with Crippen LogP contribution in [0.5, 0.6) is 5.75 Å². The fourth-order valence-corrected chi connectivity index (χ4v) is 8.33. The third-order valence-electron chi connectivity index (χ3n) is 12.0. The van der Waals surface area contributed by atoms with Crippen molar-refractivity contribution in [3.63, 3.8) is 0 Å². The van der Waals surface area contributed by atoms with Gasteiger partial charge in [0.2, 0.25) is 41.4 Å². The van der Waals surface area contributed by atoms with Gasteiger partial charge in [0, 0.05) is 56.4 Å². The molecule has 11 N–H and O–H groups in total. The summed E-state index contributed by atoms with van der Waals surface area (Å²) in [6.45, 7) is 1.90. The molecule has 68 heavy (non-hydrogen) atoms. The zero-order valence-electron chi connectivity index (χ0n) is 38.5. The van der Waals surface area contributed by atoms with Gasteiger partial charge in [0.25, 0.3) is 0 Å². The number of hydrogen-bond donors (Lipinski definition) is 11. The van der Waals surface area contributed by atoms with Crippen LogP contribution in [0.1, 0.15) is 68.6 Å². The van der Waals surface area contributed by atoms with Crippen molar-refractivity contribution >= 4 is 64.9 Å². The first-order valence-electron chi connectivity index (χ1n) is 23.1. The number of fused-ring (bicyclic) bond motifs is 1. The van der Waals surface area contributed by atoms with Crippen molar-refractivity contribution in [1.82, 2.24) is 41.8 Å². The summed E-state index contributed by atoms with van der Waals surface area (Å²) in [4.78, 5) is 104. The van der Waals surface area contributed by atoms with E-state index >= 15 is 0 Å². The summed E-state index contributed by atoms with van der Waals surface area (Å²) in [5.41, 5.74) is 8.46. The largest absolute Gasteiger partial charge is 0.508 e. The molecule has 1 saturated heterocycles. The van der Waals surface area contributed by atoms with E-state index in [-0.39, 0.29) is 56.7 Å². The average molecular weight is 956 g/mol. The van der Waals surface area contributed by atoms with Gasteiger partial charge in [-0.25, -0.2) is 0 Å². The number of carbonyl (C=O) groups excluding carboxylic acids is 7. The molecule has 0 radical (unpaired) electrons. The molecule has 0 unspecified atom stereocenters. The number of nitrogens with one attached hydrogen (secondary N) is 7. The maximum absolute atomic E-state index is 14.8. The van der Waals surface area contributed by atoms with Gasteiger partial charge >= 0.3 is 0 Å². The topological polar surface area (TPSA) is 277 Å². The SMILES string of the molecule is C[C@@H](O)[C@@H]1NC(=O)[C@H](CCCCN)NC(=O)[C@@H](Cc2c[nH]c3ccccc23)NC(=O)[C@H](Cc2ccc(O)cc2)NC(=O)[C@H](CCCCNC(=O)CCS)N(C)C(=O)[C@H](Cc2ccccc2)NC1=O. The number of thiol groups is 1. The van der Waals surface area contributed by atoms with Gasteiger partial charge in [-0.15, -0.1) is 0 Å². The standard InChI is InChI=1S/C49H65N9O9S/c1-30(59)43-48(66)56-40(27-31-12-4-3-5-13-31)49(67)58(2)41(17-9-11-24-51-42(61)22-25-68)47(65)55-38(26-32-18-20-34(60)21-19-32)45(63)54-39(28-33-29-52-36-15-7-6-14-35(33)36)46(64)53-37(44(62)57-43)16-8-10-23-50/h3-7,12-15,18-21,29-30,37-41,43,52,59-60,68H,8-11,16-17,22-28,50H2,1-2H3,(H,51,61)(H,53,64)(H,54,63)(H,55,65)(H,56,66)(H,57,62)/t30-,37+,38+,39-,40+,41+,43+/m1/s1. The van der Waals surface area contributed by atoms with Gasteiger partial charge in [-0.1, -0.05) is 60.7 Å². The summed E-state index contributed by atoms with van der Waals surface area (Å²) in [6.07, 6.45) is 2.11. The number of benzene rings is 3. The van der Waals surface area contributed by atoms with Crippen molar-refractivity contribution < 1.29 is 43.8 Å². The van der Waals surface area contributed by atoms with E-state index in [2.05, 4.69) is 49.5 Å². The van der Waals surface area contributed by atoms with E-state index < -0.39 is 77.8 Å². The first-order chi connectivity index (χ1) is 32.7. The predicted molar refractivity (Wildman–Crippen MR) is 260 cm³/mol. The zero-order chi connectivity index (χ0) is 49.2. The van der Waals surface area contributed by atoms with Crippen LogP contribution in [0.25, 0.3) is 10.9 Å². The van der Waals surface area contributed by atoms with Crippen molar-refractivity contribution in [2.75, 3.05) is 25.9 Å². The molecule has 18 nitrogen and oxygen atoms in total. The number of hydrogen-bond acceptors (Lipinski definition) is 11. The molecular formula is C49H65N9O9S.